The molecule has 0 bridgehead atoms. The molecule has 1 N–H and O–H groups in total. The molecule has 2 amide bonds. The normalized spacial score (nSPS) is 13.8. The van der Waals surface area contributed by atoms with Crippen molar-refractivity contribution >= 4 is 46.0 Å². The first kappa shape index (κ1) is 16.7. The zero-order valence-electron chi connectivity index (χ0n) is 13.1. The summed E-state index contributed by atoms with van der Waals surface area (Å²) >= 11 is 7.51. The number of benzene rings is 1. The molecule has 1 aliphatic rings. The van der Waals surface area contributed by atoms with E-state index in [0.717, 1.165) is 16.1 Å². The molecule has 0 saturated heterocycles. The van der Waals surface area contributed by atoms with Crippen LogP contribution in [-0.4, -0.2) is 28.2 Å². The van der Waals surface area contributed by atoms with E-state index in [2.05, 4.69) is 10.3 Å². The Hall–Kier alpha value is -2.18. The second-order valence-corrected chi connectivity index (χ2v) is 6.93. The van der Waals surface area contributed by atoms with Crippen LogP contribution < -0.4 is 5.32 Å². The summed E-state index contributed by atoms with van der Waals surface area (Å²) in [6.07, 6.45) is 3.97. The lowest BCUT2D eigenvalue weighted by molar-refractivity contribution is -0.126. The highest BCUT2D eigenvalue weighted by Gasteiger charge is 2.23. The smallest absolute Gasteiger partial charge is 0.246 e. The van der Waals surface area contributed by atoms with Crippen LogP contribution in [0.4, 0.5) is 5.13 Å². The Balaban J connectivity index is 1.68. The van der Waals surface area contributed by atoms with Crippen molar-refractivity contribution < 1.29 is 9.59 Å². The van der Waals surface area contributed by atoms with Crippen molar-refractivity contribution in [1.29, 1.82) is 0 Å². The van der Waals surface area contributed by atoms with Crippen molar-refractivity contribution in [2.45, 2.75) is 19.9 Å². The molecule has 0 saturated carbocycles. The van der Waals surface area contributed by atoms with Gasteiger partial charge in [0.2, 0.25) is 11.8 Å². The Bertz CT molecular complexity index is 816. The molecule has 0 atom stereocenters. The topological polar surface area (TPSA) is 62.3 Å². The molecular weight excluding hydrogens is 346 g/mol. The minimum atomic E-state index is -0.142. The van der Waals surface area contributed by atoms with Crippen LogP contribution in [-0.2, 0) is 22.6 Å². The van der Waals surface area contributed by atoms with Crippen LogP contribution in [0.2, 0.25) is 5.02 Å². The molecule has 0 radical (unpaired) electrons. The average molecular weight is 362 g/mol. The van der Waals surface area contributed by atoms with Gasteiger partial charge in [-0.25, -0.2) is 4.98 Å². The monoisotopic (exact) mass is 361 g/mol. The highest BCUT2D eigenvalue weighted by molar-refractivity contribution is 7.15. The van der Waals surface area contributed by atoms with Crippen molar-refractivity contribution in [2.75, 3.05) is 11.9 Å². The summed E-state index contributed by atoms with van der Waals surface area (Å²) in [5, 5.41) is 3.90. The van der Waals surface area contributed by atoms with Crippen molar-refractivity contribution in [3.05, 3.63) is 51.5 Å². The SMILES string of the molecule is CC(=O)Nc1nc2c(s1)CN(C(=O)/C=C/c1ccccc1Cl)CC2. The van der Waals surface area contributed by atoms with Crippen LogP contribution in [0, 0.1) is 0 Å². The van der Waals surface area contributed by atoms with Gasteiger partial charge in [-0.1, -0.05) is 41.1 Å². The predicted molar refractivity (Wildman–Crippen MR) is 96.0 cm³/mol. The van der Waals surface area contributed by atoms with Crippen LogP contribution in [0.15, 0.2) is 30.3 Å². The molecule has 24 heavy (non-hydrogen) atoms. The number of nitrogens with one attached hydrogen (secondary N) is 1. The minimum Gasteiger partial charge on any atom is -0.334 e. The van der Waals surface area contributed by atoms with Crippen molar-refractivity contribution in [1.82, 2.24) is 9.88 Å². The minimum absolute atomic E-state index is 0.0601. The van der Waals surface area contributed by atoms with Gasteiger partial charge < -0.3 is 10.2 Å². The number of anilines is 1. The highest BCUT2D eigenvalue weighted by Crippen LogP contribution is 2.28. The Morgan fingerprint density at radius 3 is 2.92 bits per heavy atom. The van der Waals surface area contributed by atoms with Gasteiger partial charge in [0.05, 0.1) is 12.2 Å². The molecule has 0 unspecified atom stereocenters. The second kappa shape index (κ2) is 7.15. The maximum atomic E-state index is 12.4. The van der Waals surface area contributed by atoms with Gasteiger partial charge in [0, 0.05) is 35.9 Å². The molecule has 7 heteroatoms. The summed E-state index contributed by atoms with van der Waals surface area (Å²) in [4.78, 5) is 30.7. The Morgan fingerprint density at radius 2 is 2.17 bits per heavy atom. The molecule has 0 fully saturated rings. The number of amides is 2. The van der Waals surface area contributed by atoms with E-state index in [0.29, 0.717) is 29.7 Å². The summed E-state index contributed by atoms with van der Waals surface area (Å²) in [5.74, 6) is -0.202. The van der Waals surface area contributed by atoms with Crippen LogP contribution in [0.3, 0.4) is 0 Å². The van der Waals surface area contributed by atoms with Gasteiger partial charge in [0.1, 0.15) is 0 Å². The first-order valence-electron chi connectivity index (χ1n) is 7.50. The summed E-state index contributed by atoms with van der Waals surface area (Å²) in [6, 6.07) is 7.39. The number of carbonyl (C=O) groups is 2. The standard InChI is InChI=1S/C17H16ClN3O2S/c1-11(22)19-17-20-14-8-9-21(10-15(14)24-17)16(23)7-6-12-4-2-3-5-13(12)18/h2-7H,8-10H2,1H3,(H,19,20,22)/b7-6+. The van der Waals surface area contributed by atoms with Gasteiger partial charge in [0.25, 0.3) is 0 Å². The Morgan fingerprint density at radius 1 is 1.38 bits per heavy atom. The summed E-state index contributed by atoms with van der Waals surface area (Å²) in [7, 11) is 0. The van der Waals surface area contributed by atoms with Crippen molar-refractivity contribution in [2.24, 2.45) is 0 Å². The second-order valence-electron chi connectivity index (χ2n) is 5.43. The summed E-state index contributed by atoms with van der Waals surface area (Å²) < 4.78 is 0. The number of hydrogen-bond acceptors (Lipinski definition) is 4. The van der Waals surface area contributed by atoms with E-state index in [1.165, 1.54) is 18.3 Å². The molecule has 1 aromatic carbocycles. The van der Waals surface area contributed by atoms with E-state index in [9.17, 15) is 9.59 Å². The maximum absolute atomic E-state index is 12.4. The maximum Gasteiger partial charge on any atom is 0.246 e. The molecule has 2 heterocycles. The van der Waals surface area contributed by atoms with Gasteiger partial charge in [-0.2, -0.15) is 0 Å². The third-order valence-electron chi connectivity index (χ3n) is 3.64. The molecule has 5 nitrogen and oxygen atoms in total. The Kier molecular flexibility index (Phi) is 4.97. The predicted octanol–water partition coefficient (Wildman–Crippen LogP) is 3.35. The number of rotatable bonds is 3. The fourth-order valence-corrected chi connectivity index (χ4v) is 3.73. The lowest BCUT2D eigenvalue weighted by Crippen LogP contribution is -2.34. The fourth-order valence-electron chi connectivity index (χ4n) is 2.46. The van der Waals surface area contributed by atoms with E-state index in [4.69, 9.17) is 11.6 Å². The van der Waals surface area contributed by atoms with Crippen LogP contribution in [0.25, 0.3) is 6.08 Å². The van der Waals surface area contributed by atoms with Gasteiger partial charge in [-0.15, -0.1) is 0 Å². The van der Waals surface area contributed by atoms with Gasteiger partial charge in [0.15, 0.2) is 5.13 Å². The molecule has 0 spiro atoms. The average Bonchev–Trinajstić information content (AvgIpc) is 2.94. The number of nitrogens with zero attached hydrogens (tertiary/aromatic N) is 2. The largest absolute Gasteiger partial charge is 0.334 e. The van der Waals surface area contributed by atoms with Gasteiger partial charge in [-0.05, 0) is 17.7 Å². The Labute approximate surface area is 149 Å². The number of fused-ring (bicyclic) bond motifs is 1. The molecule has 1 aliphatic heterocycles. The molecule has 3 rings (SSSR count). The van der Waals surface area contributed by atoms with E-state index < -0.39 is 0 Å². The zero-order chi connectivity index (χ0) is 17.1. The fraction of sp³-hybridized carbons (Fsp3) is 0.235. The van der Waals surface area contributed by atoms with Crippen molar-refractivity contribution in [3.63, 3.8) is 0 Å². The molecule has 0 aliphatic carbocycles. The first-order valence-corrected chi connectivity index (χ1v) is 8.70. The van der Waals surface area contributed by atoms with Crippen molar-refractivity contribution in [3.8, 4) is 0 Å². The molecular formula is C17H16ClN3O2S. The number of halogens is 1. The lowest BCUT2D eigenvalue weighted by Gasteiger charge is -2.24. The summed E-state index contributed by atoms with van der Waals surface area (Å²) in [6.45, 7) is 2.58. The first-order chi connectivity index (χ1) is 11.5. The third kappa shape index (κ3) is 3.83. The van der Waals surface area contributed by atoms with E-state index in [1.807, 2.05) is 18.2 Å². The number of aromatic nitrogens is 1. The number of carbonyl (C=O) groups excluding carboxylic acids is 2. The molecule has 124 valence electrons. The number of thiazole rings is 1. The highest BCUT2D eigenvalue weighted by atomic mass is 35.5. The van der Waals surface area contributed by atoms with Crippen LogP contribution in [0.5, 0.6) is 0 Å². The number of hydrogen-bond donors (Lipinski definition) is 1. The molecule has 1 aromatic heterocycles. The quantitative estimate of drug-likeness (QED) is 0.853. The van der Waals surface area contributed by atoms with Gasteiger partial charge >= 0.3 is 0 Å². The van der Waals surface area contributed by atoms with E-state index in [-0.39, 0.29) is 11.8 Å². The zero-order valence-corrected chi connectivity index (χ0v) is 14.7. The third-order valence-corrected chi connectivity index (χ3v) is 4.98. The summed E-state index contributed by atoms with van der Waals surface area (Å²) in [5.41, 5.74) is 1.78. The van der Waals surface area contributed by atoms with Crippen LogP contribution in [0.1, 0.15) is 23.1 Å². The molecule has 2 aromatic rings. The lowest BCUT2D eigenvalue weighted by atomic mass is 10.1. The van der Waals surface area contributed by atoms with E-state index in [1.54, 1.807) is 23.1 Å². The van der Waals surface area contributed by atoms with Crippen LogP contribution >= 0.6 is 22.9 Å². The van der Waals surface area contributed by atoms with Gasteiger partial charge in [-0.3, -0.25) is 9.59 Å². The van der Waals surface area contributed by atoms with E-state index >= 15 is 0 Å².